The average molecular weight is 306 g/mol. The van der Waals surface area contributed by atoms with Crippen molar-refractivity contribution in [3.63, 3.8) is 0 Å². The Morgan fingerprint density at radius 2 is 2.18 bits per heavy atom. The molecule has 0 saturated heterocycles. The van der Waals surface area contributed by atoms with Crippen molar-refractivity contribution in [1.29, 1.82) is 0 Å². The molecule has 3 aliphatic rings. The average Bonchev–Trinajstić information content (AvgIpc) is 2.61. The molecular weight excluding hydrogens is 284 g/mol. The molecule has 0 spiro atoms. The van der Waals surface area contributed by atoms with Crippen LogP contribution in [0.1, 0.15) is 46.5 Å². The van der Waals surface area contributed by atoms with E-state index in [0.29, 0.717) is 24.0 Å². The second kappa shape index (κ2) is 4.69. The lowest BCUT2D eigenvalue weighted by Crippen LogP contribution is -2.55. The van der Waals surface area contributed by atoms with Gasteiger partial charge in [-0.05, 0) is 32.1 Å². The molecule has 1 N–H and O–H groups in total. The highest BCUT2D eigenvalue weighted by atomic mass is 16.7. The van der Waals surface area contributed by atoms with E-state index in [0.717, 1.165) is 12.0 Å². The number of fused-ring (bicyclic) bond motifs is 2. The quantitative estimate of drug-likeness (QED) is 0.594. The van der Waals surface area contributed by atoms with Crippen molar-refractivity contribution in [2.45, 2.75) is 58.3 Å². The molecule has 4 atom stereocenters. The number of allylic oxidation sites excluding steroid dienone is 1. The van der Waals surface area contributed by atoms with E-state index < -0.39 is 17.2 Å². The van der Waals surface area contributed by atoms with Crippen LogP contribution in [0.5, 0.6) is 0 Å². The number of aliphatic hydroxyl groups is 1. The summed E-state index contributed by atoms with van der Waals surface area (Å²) in [5.74, 6) is -2.28. The highest BCUT2D eigenvalue weighted by molar-refractivity contribution is 5.92. The molecule has 2 saturated carbocycles. The molecule has 5 heteroatoms. The van der Waals surface area contributed by atoms with Gasteiger partial charge in [0, 0.05) is 29.9 Å². The minimum atomic E-state index is -1.57. The summed E-state index contributed by atoms with van der Waals surface area (Å²) in [6, 6.07) is 0. The summed E-state index contributed by atoms with van der Waals surface area (Å²) in [6.07, 6.45) is 1.94. The molecular formula is C17H22O5. The summed E-state index contributed by atoms with van der Waals surface area (Å²) < 4.78 is 10.8. The molecule has 0 amide bonds. The first-order valence-corrected chi connectivity index (χ1v) is 7.68. The van der Waals surface area contributed by atoms with Crippen LogP contribution in [-0.4, -0.2) is 28.9 Å². The van der Waals surface area contributed by atoms with E-state index in [9.17, 15) is 14.7 Å². The third-order valence-corrected chi connectivity index (χ3v) is 5.58. The SMILES string of the molecule is C=C1CC[C@@H](OC(C)=O)[C@]2(C)C[C@]3(O)OC(=O)C(C)=C3C[C@H]12. The molecule has 1 aliphatic heterocycles. The second-order valence-electron chi connectivity index (χ2n) is 7.01. The number of hydrogen-bond acceptors (Lipinski definition) is 5. The molecule has 0 unspecified atom stereocenters. The van der Waals surface area contributed by atoms with Crippen molar-refractivity contribution in [1.82, 2.24) is 0 Å². The minimum Gasteiger partial charge on any atom is -0.462 e. The van der Waals surface area contributed by atoms with Gasteiger partial charge in [0.25, 0.3) is 0 Å². The number of rotatable bonds is 1. The van der Waals surface area contributed by atoms with E-state index in [1.54, 1.807) is 6.92 Å². The van der Waals surface area contributed by atoms with Crippen molar-refractivity contribution >= 4 is 11.9 Å². The molecule has 3 rings (SSSR count). The predicted octanol–water partition coefficient (Wildman–Crippen LogP) is 2.25. The highest BCUT2D eigenvalue weighted by Crippen LogP contribution is 2.59. The summed E-state index contributed by atoms with van der Waals surface area (Å²) >= 11 is 0. The standard InChI is InChI=1S/C17H22O5/c1-9-5-6-14(21-11(3)18)16(4)8-17(20)13(7-12(9)16)10(2)15(19)22-17/h12,14,20H,1,5-8H2,2-4H3/t12-,14-,16-,17+/m1/s1. The van der Waals surface area contributed by atoms with Gasteiger partial charge < -0.3 is 14.6 Å². The smallest absolute Gasteiger partial charge is 0.336 e. The van der Waals surface area contributed by atoms with Gasteiger partial charge in [-0.15, -0.1) is 0 Å². The van der Waals surface area contributed by atoms with Crippen LogP contribution in [-0.2, 0) is 19.1 Å². The third-order valence-electron chi connectivity index (χ3n) is 5.58. The maximum Gasteiger partial charge on any atom is 0.336 e. The van der Waals surface area contributed by atoms with Crippen molar-refractivity contribution < 1.29 is 24.2 Å². The lowest BCUT2D eigenvalue weighted by Gasteiger charge is -2.53. The van der Waals surface area contributed by atoms with Gasteiger partial charge in [-0.25, -0.2) is 4.79 Å². The van der Waals surface area contributed by atoms with E-state index in [4.69, 9.17) is 9.47 Å². The second-order valence-corrected chi connectivity index (χ2v) is 7.01. The Labute approximate surface area is 130 Å². The predicted molar refractivity (Wildman–Crippen MR) is 78.5 cm³/mol. The maximum absolute atomic E-state index is 11.8. The number of carbonyl (C=O) groups excluding carboxylic acids is 2. The van der Waals surface area contributed by atoms with Gasteiger partial charge in [-0.2, -0.15) is 0 Å². The van der Waals surface area contributed by atoms with Gasteiger partial charge >= 0.3 is 11.9 Å². The van der Waals surface area contributed by atoms with Crippen LogP contribution in [0.25, 0.3) is 0 Å². The number of ether oxygens (including phenoxy) is 2. The van der Waals surface area contributed by atoms with Gasteiger partial charge in [0.05, 0.1) is 0 Å². The molecule has 0 bridgehead atoms. The topological polar surface area (TPSA) is 72.8 Å². The zero-order valence-electron chi connectivity index (χ0n) is 13.3. The molecule has 2 fully saturated rings. The van der Waals surface area contributed by atoms with Gasteiger partial charge in [0.2, 0.25) is 5.79 Å². The number of hydrogen-bond donors (Lipinski definition) is 1. The van der Waals surface area contributed by atoms with E-state index in [-0.39, 0.29) is 24.4 Å². The summed E-state index contributed by atoms with van der Waals surface area (Å²) in [5, 5.41) is 10.8. The Morgan fingerprint density at radius 3 is 2.82 bits per heavy atom. The Balaban J connectivity index is 2.02. The molecule has 0 aromatic rings. The van der Waals surface area contributed by atoms with Crippen LogP contribution in [0.15, 0.2) is 23.3 Å². The number of esters is 2. The first-order valence-electron chi connectivity index (χ1n) is 7.68. The molecule has 0 aromatic heterocycles. The fourth-order valence-corrected chi connectivity index (χ4v) is 4.40. The van der Waals surface area contributed by atoms with Crippen LogP contribution >= 0.6 is 0 Å². The van der Waals surface area contributed by atoms with Crippen molar-refractivity contribution in [2.24, 2.45) is 11.3 Å². The zero-order chi connectivity index (χ0) is 16.3. The van der Waals surface area contributed by atoms with Crippen LogP contribution in [0, 0.1) is 11.3 Å². The molecule has 5 nitrogen and oxygen atoms in total. The van der Waals surface area contributed by atoms with Crippen molar-refractivity contribution in [3.8, 4) is 0 Å². The summed E-state index contributed by atoms with van der Waals surface area (Å²) in [7, 11) is 0. The van der Waals surface area contributed by atoms with Gasteiger partial charge in [-0.1, -0.05) is 19.1 Å². The van der Waals surface area contributed by atoms with E-state index in [1.807, 2.05) is 6.92 Å². The Hall–Kier alpha value is -1.62. The van der Waals surface area contributed by atoms with Gasteiger partial charge in [0.1, 0.15) is 6.10 Å². The molecule has 0 aromatic carbocycles. The largest absolute Gasteiger partial charge is 0.462 e. The summed E-state index contributed by atoms with van der Waals surface area (Å²) in [5.41, 5.74) is 1.76. The number of carbonyl (C=O) groups is 2. The minimum absolute atomic E-state index is 0.0744. The lowest BCUT2D eigenvalue weighted by atomic mass is 9.55. The van der Waals surface area contributed by atoms with Crippen LogP contribution < -0.4 is 0 Å². The Kier molecular flexibility index (Phi) is 3.25. The Bertz CT molecular complexity index is 604. The first kappa shape index (κ1) is 15.3. The zero-order valence-corrected chi connectivity index (χ0v) is 13.3. The lowest BCUT2D eigenvalue weighted by molar-refractivity contribution is -0.217. The molecule has 120 valence electrons. The van der Waals surface area contributed by atoms with E-state index in [2.05, 4.69) is 6.58 Å². The molecule has 0 radical (unpaired) electrons. The van der Waals surface area contributed by atoms with Gasteiger partial charge in [-0.3, -0.25) is 4.79 Å². The molecule has 2 aliphatic carbocycles. The molecule has 1 heterocycles. The third kappa shape index (κ3) is 2.02. The maximum atomic E-state index is 11.8. The van der Waals surface area contributed by atoms with Crippen LogP contribution in [0.4, 0.5) is 0 Å². The monoisotopic (exact) mass is 306 g/mol. The van der Waals surface area contributed by atoms with Crippen molar-refractivity contribution in [2.75, 3.05) is 0 Å². The summed E-state index contributed by atoms with van der Waals surface area (Å²) in [4.78, 5) is 23.3. The highest BCUT2D eigenvalue weighted by Gasteiger charge is 2.60. The summed E-state index contributed by atoms with van der Waals surface area (Å²) in [6.45, 7) is 9.24. The van der Waals surface area contributed by atoms with E-state index >= 15 is 0 Å². The van der Waals surface area contributed by atoms with E-state index in [1.165, 1.54) is 6.92 Å². The first-order chi connectivity index (χ1) is 10.2. The Morgan fingerprint density at radius 1 is 1.50 bits per heavy atom. The fraction of sp³-hybridized carbons (Fsp3) is 0.647. The van der Waals surface area contributed by atoms with Crippen molar-refractivity contribution in [3.05, 3.63) is 23.3 Å². The normalized spacial score (nSPS) is 40.9. The van der Waals surface area contributed by atoms with Crippen LogP contribution in [0.3, 0.4) is 0 Å². The van der Waals surface area contributed by atoms with Gasteiger partial charge in [0.15, 0.2) is 0 Å². The fourth-order valence-electron chi connectivity index (χ4n) is 4.40. The molecule has 22 heavy (non-hydrogen) atoms. The van der Waals surface area contributed by atoms with Crippen LogP contribution in [0.2, 0.25) is 0 Å².